The van der Waals surface area contributed by atoms with Crippen molar-refractivity contribution in [3.63, 3.8) is 0 Å². The summed E-state index contributed by atoms with van der Waals surface area (Å²) in [5.74, 6) is -0.424. The summed E-state index contributed by atoms with van der Waals surface area (Å²) in [7, 11) is -3.92. The molecule has 0 heterocycles. The average Bonchev–Trinajstić information content (AvgIpc) is 2.69. The van der Waals surface area contributed by atoms with E-state index in [-0.39, 0.29) is 17.5 Å². The molecule has 0 aliphatic heterocycles. The number of hydrogen-bond acceptors (Lipinski definition) is 4. The molecule has 0 saturated heterocycles. The lowest BCUT2D eigenvalue weighted by Crippen LogP contribution is -2.49. The number of nitrogens with zero attached hydrogens (tertiary/aromatic N) is 1. The van der Waals surface area contributed by atoms with Crippen molar-refractivity contribution in [1.29, 1.82) is 0 Å². The maximum Gasteiger partial charge on any atom is 0.264 e. The minimum Gasteiger partial charge on any atom is -0.391 e. The summed E-state index contributed by atoms with van der Waals surface area (Å²) in [5, 5.41) is 12.9. The van der Waals surface area contributed by atoms with Crippen LogP contribution in [0.2, 0.25) is 0 Å². The zero-order valence-corrected chi connectivity index (χ0v) is 17.7. The van der Waals surface area contributed by atoms with E-state index in [0.29, 0.717) is 18.5 Å². The molecule has 1 amide bonds. The normalized spacial score (nSPS) is 19.6. The highest BCUT2D eigenvalue weighted by Crippen LogP contribution is 2.25. The van der Waals surface area contributed by atoms with Crippen molar-refractivity contribution >= 4 is 21.6 Å². The van der Waals surface area contributed by atoms with Gasteiger partial charge >= 0.3 is 0 Å². The van der Waals surface area contributed by atoms with Crippen molar-refractivity contribution in [2.24, 2.45) is 0 Å². The van der Waals surface area contributed by atoms with E-state index in [4.69, 9.17) is 0 Å². The van der Waals surface area contributed by atoms with Gasteiger partial charge in [-0.1, -0.05) is 48.2 Å². The van der Waals surface area contributed by atoms with E-state index in [1.54, 1.807) is 36.4 Å². The van der Waals surface area contributed by atoms with Crippen molar-refractivity contribution in [2.75, 3.05) is 10.8 Å². The van der Waals surface area contributed by atoms with Gasteiger partial charge in [0.25, 0.3) is 10.0 Å². The summed E-state index contributed by atoms with van der Waals surface area (Å²) in [4.78, 5) is 12.8. The van der Waals surface area contributed by atoms with Crippen molar-refractivity contribution in [3.8, 4) is 0 Å². The van der Waals surface area contributed by atoms with E-state index in [1.807, 2.05) is 26.0 Å². The van der Waals surface area contributed by atoms with Crippen molar-refractivity contribution in [2.45, 2.75) is 56.6 Å². The number of nitrogens with one attached hydrogen (secondary N) is 1. The third-order valence-electron chi connectivity index (χ3n) is 5.29. The molecule has 0 bridgehead atoms. The molecule has 0 spiro atoms. The highest BCUT2D eigenvalue weighted by molar-refractivity contribution is 7.92. The second kappa shape index (κ2) is 8.97. The largest absolute Gasteiger partial charge is 0.391 e. The van der Waals surface area contributed by atoms with Crippen LogP contribution in [-0.2, 0) is 14.8 Å². The second-order valence-electron chi connectivity index (χ2n) is 7.69. The van der Waals surface area contributed by atoms with E-state index >= 15 is 0 Å². The molecule has 2 atom stereocenters. The summed E-state index contributed by atoms with van der Waals surface area (Å²) >= 11 is 0. The summed E-state index contributed by atoms with van der Waals surface area (Å²) in [5.41, 5.74) is 2.38. The lowest BCUT2D eigenvalue weighted by molar-refractivity contribution is -0.121. The predicted octanol–water partition coefficient (Wildman–Crippen LogP) is 2.92. The molecule has 3 rings (SSSR count). The van der Waals surface area contributed by atoms with Crippen LogP contribution in [0.1, 0.15) is 36.8 Å². The Bertz CT molecular complexity index is 940. The van der Waals surface area contributed by atoms with Gasteiger partial charge in [-0.25, -0.2) is 8.42 Å². The number of sulfonamides is 1. The standard InChI is InChI=1S/C22H28N2O4S/c1-16-7-11-18(12-8-16)24(29(27,28)19-13-9-17(2)10-14-19)15-22(26)23-20-5-3-4-6-21(20)25/h7-14,20-21,25H,3-6,15H2,1-2H3,(H,23,26)/t20-,21+/m0/s1. The quantitative estimate of drug-likeness (QED) is 0.758. The fourth-order valence-electron chi connectivity index (χ4n) is 3.53. The Morgan fingerprint density at radius 2 is 1.55 bits per heavy atom. The van der Waals surface area contributed by atoms with Gasteiger partial charge in [-0.2, -0.15) is 0 Å². The second-order valence-corrected chi connectivity index (χ2v) is 9.55. The highest BCUT2D eigenvalue weighted by Gasteiger charge is 2.30. The number of aliphatic hydroxyl groups is 1. The number of benzene rings is 2. The number of hydrogen-bond donors (Lipinski definition) is 2. The predicted molar refractivity (Wildman–Crippen MR) is 113 cm³/mol. The van der Waals surface area contributed by atoms with E-state index in [9.17, 15) is 18.3 Å². The molecular weight excluding hydrogens is 388 g/mol. The van der Waals surface area contributed by atoms with Gasteiger partial charge in [0, 0.05) is 0 Å². The van der Waals surface area contributed by atoms with Crippen LogP contribution in [-0.4, -0.2) is 38.1 Å². The van der Waals surface area contributed by atoms with E-state index in [0.717, 1.165) is 28.3 Å². The van der Waals surface area contributed by atoms with Crippen LogP contribution in [0.25, 0.3) is 0 Å². The van der Waals surface area contributed by atoms with Crippen LogP contribution in [0.5, 0.6) is 0 Å². The Balaban J connectivity index is 1.87. The monoisotopic (exact) mass is 416 g/mol. The van der Waals surface area contributed by atoms with E-state index < -0.39 is 22.0 Å². The van der Waals surface area contributed by atoms with E-state index in [2.05, 4.69) is 5.32 Å². The van der Waals surface area contributed by atoms with Crippen molar-refractivity contribution < 1.29 is 18.3 Å². The van der Waals surface area contributed by atoms with Gasteiger partial charge in [-0.05, 0) is 51.0 Å². The smallest absolute Gasteiger partial charge is 0.264 e. The summed E-state index contributed by atoms with van der Waals surface area (Å²) in [6.07, 6.45) is 2.63. The van der Waals surface area contributed by atoms with Gasteiger partial charge < -0.3 is 10.4 Å². The highest BCUT2D eigenvalue weighted by atomic mass is 32.2. The summed E-state index contributed by atoms with van der Waals surface area (Å²) < 4.78 is 27.8. The molecule has 2 aromatic carbocycles. The molecule has 29 heavy (non-hydrogen) atoms. The minimum absolute atomic E-state index is 0.133. The lowest BCUT2D eigenvalue weighted by Gasteiger charge is -2.30. The summed E-state index contributed by atoms with van der Waals surface area (Å²) in [6, 6.07) is 13.3. The maximum absolute atomic E-state index is 13.3. The maximum atomic E-state index is 13.3. The Morgan fingerprint density at radius 3 is 2.14 bits per heavy atom. The Kier molecular flexibility index (Phi) is 6.59. The molecule has 1 aliphatic rings. The van der Waals surface area contributed by atoms with Gasteiger partial charge in [0.1, 0.15) is 6.54 Å². The molecule has 156 valence electrons. The molecule has 6 nitrogen and oxygen atoms in total. The summed E-state index contributed by atoms with van der Waals surface area (Å²) in [6.45, 7) is 3.46. The first-order valence-electron chi connectivity index (χ1n) is 9.91. The van der Waals surface area contributed by atoms with Gasteiger partial charge in [-0.3, -0.25) is 9.10 Å². The number of amides is 1. The van der Waals surface area contributed by atoms with Crippen molar-refractivity contribution in [3.05, 3.63) is 59.7 Å². The molecule has 7 heteroatoms. The topological polar surface area (TPSA) is 86.7 Å². The van der Waals surface area contributed by atoms with Crippen molar-refractivity contribution in [1.82, 2.24) is 5.32 Å². The Labute approximate surface area is 172 Å². The SMILES string of the molecule is Cc1ccc(N(CC(=O)N[C@H]2CCCC[C@H]2O)S(=O)(=O)c2ccc(C)cc2)cc1. The zero-order valence-electron chi connectivity index (χ0n) is 16.8. The first kappa shape index (κ1) is 21.3. The molecule has 0 aromatic heterocycles. The third kappa shape index (κ3) is 5.16. The van der Waals surface area contributed by atoms with Gasteiger partial charge in [0.2, 0.25) is 5.91 Å². The molecule has 0 radical (unpaired) electrons. The minimum atomic E-state index is -3.92. The first-order chi connectivity index (χ1) is 13.8. The van der Waals surface area contributed by atoms with Crippen LogP contribution in [0.4, 0.5) is 5.69 Å². The van der Waals surface area contributed by atoms with Gasteiger partial charge in [-0.15, -0.1) is 0 Å². The first-order valence-corrected chi connectivity index (χ1v) is 11.3. The number of carbonyl (C=O) groups is 1. The third-order valence-corrected chi connectivity index (χ3v) is 7.08. The molecule has 2 N–H and O–H groups in total. The van der Waals surface area contributed by atoms with Gasteiger partial charge in [0.05, 0.1) is 22.7 Å². The fraction of sp³-hybridized carbons (Fsp3) is 0.409. The molecule has 1 aliphatic carbocycles. The molecule has 1 fully saturated rings. The number of anilines is 1. The molecule has 1 saturated carbocycles. The number of aliphatic hydroxyl groups excluding tert-OH is 1. The fourth-order valence-corrected chi connectivity index (χ4v) is 4.95. The average molecular weight is 417 g/mol. The number of carbonyl (C=O) groups excluding carboxylic acids is 1. The van der Waals surface area contributed by atoms with E-state index in [1.165, 1.54) is 0 Å². The Hall–Kier alpha value is -2.38. The number of rotatable bonds is 6. The number of aryl methyl sites for hydroxylation is 2. The molecular formula is C22H28N2O4S. The Morgan fingerprint density at radius 1 is 1.00 bits per heavy atom. The molecule has 2 aromatic rings. The lowest BCUT2D eigenvalue weighted by atomic mass is 9.92. The van der Waals surface area contributed by atoms with Crippen LogP contribution >= 0.6 is 0 Å². The van der Waals surface area contributed by atoms with Gasteiger partial charge in [0.15, 0.2) is 0 Å². The van der Waals surface area contributed by atoms with Crippen LogP contribution < -0.4 is 9.62 Å². The van der Waals surface area contributed by atoms with Crippen LogP contribution in [0.3, 0.4) is 0 Å². The van der Waals surface area contributed by atoms with Crippen LogP contribution in [0, 0.1) is 13.8 Å². The zero-order chi connectivity index (χ0) is 21.0. The molecule has 0 unspecified atom stereocenters. The van der Waals surface area contributed by atoms with Crippen LogP contribution in [0.15, 0.2) is 53.4 Å².